The molecule has 1 aromatic rings. The molecule has 13 heavy (non-hydrogen) atoms. The number of carbonyl (C=O) groups is 1. The fraction of sp³-hybridized carbons (Fsp3) is 0.500. The number of rotatable bonds is 5. The summed E-state index contributed by atoms with van der Waals surface area (Å²) in [5, 5.41) is 0. The minimum Gasteiger partial charge on any atom is -0.370 e. The van der Waals surface area contributed by atoms with Crippen molar-refractivity contribution in [2.24, 2.45) is 5.73 Å². The number of hydrogen-bond donors (Lipinski definition) is 2. The number of aromatic amines is 1. The van der Waals surface area contributed by atoms with Crippen LogP contribution in [0, 0.1) is 4.77 Å². The van der Waals surface area contributed by atoms with E-state index in [4.69, 9.17) is 18.0 Å². The lowest BCUT2D eigenvalue weighted by molar-refractivity contribution is -0.118. The fourth-order valence-electron chi connectivity index (χ4n) is 1.11. The SMILES string of the molecule is NC(=O)CCCCn1cc[nH]c1=S. The minimum absolute atomic E-state index is 0.238. The number of H-pyrrole nitrogens is 1. The predicted octanol–water partition coefficient (Wildman–Crippen LogP) is 1.20. The molecule has 5 heteroatoms. The van der Waals surface area contributed by atoms with Crippen molar-refractivity contribution < 1.29 is 4.79 Å². The van der Waals surface area contributed by atoms with E-state index in [-0.39, 0.29) is 5.91 Å². The predicted molar refractivity (Wildman–Crippen MR) is 52.7 cm³/mol. The van der Waals surface area contributed by atoms with Crippen molar-refractivity contribution in [1.82, 2.24) is 9.55 Å². The van der Waals surface area contributed by atoms with Gasteiger partial charge in [-0.15, -0.1) is 0 Å². The summed E-state index contributed by atoms with van der Waals surface area (Å²) in [4.78, 5) is 13.3. The molecule has 72 valence electrons. The van der Waals surface area contributed by atoms with Crippen LogP contribution in [-0.2, 0) is 11.3 Å². The van der Waals surface area contributed by atoms with Gasteiger partial charge in [-0.05, 0) is 25.1 Å². The topological polar surface area (TPSA) is 63.8 Å². The van der Waals surface area contributed by atoms with E-state index in [2.05, 4.69) is 4.98 Å². The number of nitrogens with two attached hydrogens (primary N) is 1. The number of imidazole rings is 1. The lowest BCUT2D eigenvalue weighted by Gasteiger charge is -2.00. The molecule has 0 fully saturated rings. The van der Waals surface area contributed by atoms with Crippen molar-refractivity contribution in [2.75, 3.05) is 0 Å². The van der Waals surface area contributed by atoms with E-state index in [1.807, 2.05) is 10.8 Å². The smallest absolute Gasteiger partial charge is 0.217 e. The van der Waals surface area contributed by atoms with Crippen LogP contribution in [0.5, 0.6) is 0 Å². The van der Waals surface area contributed by atoms with Crippen molar-refractivity contribution in [3.8, 4) is 0 Å². The number of hydrogen-bond acceptors (Lipinski definition) is 2. The van der Waals surface area contributed by atoms with Crippen molar-refractivity contribution in [1.29, 1.82) is 0 Å². The first-order valence-corrected chi connectivity index (χ1v) is 4.63. The highest BCUT2D eigenvalue weighted by Gasteiger charge is 1.95. The van der Waals surface area contributed by atoms with E-state index in [0.717, 1.165) is 24.2 Å². The molecule has 1 amide bonds. The molecule has 0 aliphatic rings. The largest absolute Gasteiger partial charge is 0.370 e. The van der Waals surface area contributed by atoms with Crippen LogP contribution in [0.1, 0.15) is 19.3 Å². The summed E-state index contributed by atoms with van der Waals surface area (Å²) in [6.07, 6.45) is 5.90. The summed E-state index contributed by atoms with van der Waals surface area (Å²) < 4.78 is 2.66. The molecule has 0 unspecified atom stereocenters. The first-order valence-electron chi connectivity index (χ1n) is 4.22. The molecule has 0 atom stereocenters. The summed E-state index contributed by atoms with van der Waals surface area (Å²) in [5.74, 6) is -0.238. The second-order valence-electron chi connectivity index (χ2n) is 2.88. The number of nitrogens with zero attached hydrogens (tertiary/aromatic N) is 1. The molecular formula is C8H13N3OS. The number of carbonyl (C=O) groups excluding carboxylic acids is 1. The zero-order valence-electron chi connectivity index (χ0n) is 7.32. The zero-order valence-corrected chi connectivity index (χ0v) is 8.14. The number of aryl methyl sites for hydroxylation is 1. The molecule has 0 saturated carbocycles. The van der Waals surface area contributed by atoms with E-state index >= 15 is 0 Å². The van der Waals surface area contributed by atoms with Crippen LogP contribution in [0.4, 0.5) is 0 Å². The third-order valence-corrected chi connectivity index (χ3v) is 2.15. The number of amides is 1. The Bertz CT molecular complexity index is 328. The second kappa shape index (κ2) is 4.81. The molecular weight excluding hydrogens is 186 g/mol. The Morgan fingerprint density at radius 3 is 2.92 bits per heavy atom. The van der Waals surface area contributed by atoms with Crippen molar-refractivity contribution in [2.45, 2.75) is 25.8 Å². The first kappa shape index (κ1) is 9.98. The normalized spacial score (nSPS) is 10.2. The van der Waals surface area contributed by atoms with Crippen molar-refractivity contribution >= 4 is 18.1 Å². The summed E-state index contributed by atoms with van der Waals surface area (Å²) in [6, 6.07) is 0. The molecule has 0 spiro atoms. The Balaban J connectivity index is 2.24. The van der Waals surface area contributed by atoms with Gasteiger partial charge in [0.1, 0.15) is 0 Å². The van der Waals surface area contributed by atoms with Crippen LogP contribution in [0.15, 0.2) is 12.4 Å². The third-order valence-electron chi connectivity index (χ3n) is 1.79. The van der Waals surface area contributed by atoms with E-state index < -0.39 is 0 Å². The van der Waals surface area contributed by atoms with Crippen molar-refractivity contribution in [3.63, 3.8) is 0 Å². The Morgan fingerprint density at radius 2 is 2.38 bits per heavy atom. The van der Waals surface area contributed by atoms with Gasteiger partial charge >= 0.3 is 0 Å². The van der Waals surface area contributed by atoms with Gasteiger partial charge in [0.25, 0.3) is 0 Å². The monoisotopic (exact) mass is 199 g/mol. The van der Waals surface area contributed by atoms with E-state index in [9.17, 15) is 4.79 Å². The van der Waals surface area contributed by atoms with Crippen LogP contribution in [0.3, 0.4) is 0 Å². The zero-order chi connectivity index (χ0) is 9.68. The lowest BCUT2D eigenvalue weighted by atomic mass is 10.2. The van der Waals surface area contributed by atoms with Gasteiger partial charge < -0.3 is 15.3 Å². The van der Waals surface area contributed by atoms with E-state index in [1.165, 1.54) is 0 Å². The van der Waals surface area contributed by atoms with Gasteiger partial charge in [-0.3, -0.25) is 4.79 Å². The second-order valence-corrected chi connectivity index (χ2v) is 3.27. The Kier molecular flexibility index (Phi) is 3.70. The Labute approximate surface area is 81.8 Å². The van der Waals surface area contributed by atoms with Gasteiger partial charge in [0.05, 0.1) is 0 Å². The summed E-state index contributed by atoms with van der Waals surface area (Å²) in [5.41, 5.74) is 5.01. The average Bonchev–Trinajstić information content (AvgIpc) is 2.45. The maximum atomic E-state index is 10.4. The molecule has 4 nitrogen and oxygen atoms in total. The molecule has 0 aliphatic carbocycles. The molecule has 1 rings (SSSR count). The van der Waals surface area contributed by atoms with Gasteiger partial charge in [-0.25, -0.2) is 0 Å². The summed E-state index contributed by atoms with van der Waals surface area (Å²) in [7, 11) is 0. The fourth-order valence-corrected chi connectivity index (χ4v) is 1.33. The minimum atomic E-state index is -0.238. The Hall–Kier alpha value is -1.10. The van der Waals surface area contributed by atoms with Crippen LogP contribution in [-0.4, -0.2) is 15.5 Å². The Morgan fingerprint density at radius 1 is 1.62 bits per heavy atom. The maximum Gasteiger partial charge on any atom is 0.217 e. The molecule has 0 bridgehead atoms. The van der Waals surface area contributed by atoms with Gasteiger partial charge in [-0.1, -0.05) is 0 Å². The van der Waals surface area contributed by atoms with Crippen LogP contribution < -0.4 is 5.73 Å². The van der Waals surface area contributed by atoms with Crippen molar-refractivity contribution in [3.05, 3.63) is 17.2 Å². The van der Waals surface area contributed by atoms with E-state index in [1.54, 1.807) is 6.20 Å². The number of primary amides is 1. The highest BCUT2D eigenvalue weighted by atomic mass is 32.1. The van der Waals surface area contributed by atoms with Gasteiger partial charge in [0, 0.05) is 25.4 Å². The van der Waals surface area contributed by atoms with Crippen LogP contribution >= 0.6 is 12.2 Å². The third kappa shape index (κ3) is 3.42. The molecule has 3 N–H and O–H groups in total. The highest BCUT2D eigenvalue weighted by molar-refractivity contribution is 7.71. The van der Waals surface area contributed by atoms with Gasteiger partial charge in [0.2, 0.25) is 5.91 Å². The first-order chi connectivity index (χ1) is 6.20. The van der Waals surface area contributed by atoms with Gasteiger partial charge in [0.15, 0.2) is 4.77 Å². The molecule has 0 saturated heterocycles. The molecule has 1 aromatic heterocycles. The number of unbranched alkanes of at least 4 members (excludes halogenated alkanes) is 1. The number of aromatic nitrogens is 2. The summed E-state index contributed by atoms with van der Waals surface area (Å²) in [6.45, 7) is 0.843. The number of nitrogens with one attached hydrogen (secondary N) is 1. The van der Waals surface area contributed by atoms with Crippen LogP contribution in [0.25, 0.3) is 0 Å². The maximum absolute atomic E-state index is 10.4. The van der Waals surface area contributed by atoms with E-state index in [0.29, 0.717) is 6.42 Å². The molecule has 0 aromatic carbocycles. The average molecular weight is 199 g/mol. The summed E-state index contributed by atoms with van der Waals surface area (Å²) >= 11 is 5.00. The van der Waals surface area contributed by atoms with Gasteiger partial charge in [-0.2, -0.15) is 0 Å². The van der Waals surface area contributed by atoms with Crippen LogP contribution in [0.2, 0.25) is 0 Å². The highest BCUT2D eigenvalue weighted by Crippen LogP contribution is 1.99. The molecule has 1 heterocycles. The standard InChI is InChI=1S/C8H13N3OS/c9-7(12)3-1-2-5-11-6-4-10-8(11)13/h4,6H,1-3,5H2,(H2,9,12)(H,10,13). The quantitative estimate of drug-likeness (QED) is 0.553. The molecule has 0 aliphatic heterocycles. The lowest BCUT2D eigenvalue weighted by Crippen LogP contribution is -2.10. The molecule has 0 radical (unpaired) electrons.